The zero-order valence-corrected chi connectivity index (χ0v) is 8.83. The Morgan fingerprint density at radius 3 is 2.71 bits per heavy atom. The highest BCUT2D eigenvalue weighted by molar-refractivity contribution is 5.35. The Morgan fingerprint density at radius 1 is 1.36 bits per heavy atom. The molecule has 0 aromatic carbocycles. The molecule has 4 heteroatoms. The molecular weight excluding hydrogens is 176 g/mol. The number of nitrogens with one attached hydrogen (secondary N) is 1. The minimum absolute atomic E-state index is 0.456. The van der Waals surface area contributed by atoms with Crippen molar-refractivity contribution < 1.29 is 0 Å². The predicted octanol–water partition coefficient (Wildman–Crippen LogP) is 1.91. The first-order chi connectivity index (χ1) is 6.68. The van der Waals surface area contributed by atoms with Gasteiger partial charge in [0, 0.05) is 6.54 Å². The molecule has 3 N–H and O–H groups in total. The molecule has 1 aromatic rings. The Morgan fingerprint density at radius 2 is 2.14 bits per heavy atom. The van der Waals surface area contributed by atoms with Crippen LogP contribution in [0.4, 0.5) is 11.6 Å². The van der Waals surface area contributed by atoms with Crippen molar-refractivity contribution in [1.82, 2.24) is 9.97 Å². The SMILES string of the molecule is CC(C)CCCNc1cnc(N)cn1. The van der Waals surface area contributed by atoms with E-state index in [1.54, 1.807) is 12.4 Å². The average molecular weight is 194 g/mol. The van der Waals surface area contributed by atoms with Gasteiger partial charge in [-0.15, -0.1) is 0 Å². The van der Waals surface area contributed by atoms with Crippen LogP contribution in [0.25, 0.3) is 0 Å². The van der Waals surface area contributed by atoms with Crippen LogP contribution in [0.5, 0.6) is 0 Å². The van der Waals surface area contributed by atoms with Crippen molar-refractivity contribution in [2.75, 3.05) is 17.6 Å². The second kappa shape index (κ2) is 5.42. The van der Waals surface area contributed by atoms with Crippen molar-refractivity contribution >= 4 is 11.6 Å². The summed E-state index contributed by atoms with van der Waals surface area (Å²) in [4.78, 5) is 8.04. The van der Waals surface area contributed by atoms with Crippen molar-refractivity contribution in [3.63, 3.8) is 0 Å². The summed E-state index contributed by atoms with van der Waals surface area (Å²) in [6.45, 7) is 5.39. The molecule has 1 aromatic heterocycles. The van der Waals surface area contributed by atoms with Crippen molar-refractivity contribution in [3.05, 3.63) is 12.4 Å². The minimum Gasteiger partial charge on any atom is -0.382 e. The quantitative estimate of drug-likeness (QED) is 0.703. The maximum absolute atomic E-state index is 5.42. The van der Waals surface area contributed by atoms with Crippen molar-refractivity contribution in [2.24, 2.45) is 5.92 Å². The van der Waals surface area contributed by atoms with Crippen LogP contribution in [-0.2, 0) is 0 Å². The molecule has 78 valence electrons. The lowest BCUT2D eigenvalue weighted by atomic mass is 10.1. The van der Waals surface area contributed by atoms with E-state index in [-0.39, 0.29) is 0 Å². The molecule has 0 aliphatic carbocycles. The summed E-state index contributed by atoms with van der Waals surface area (Å²) < 4.78 is 0. The van der Waals surface area contributed by atoms with Crippen LogP contribution < -0.4 is 11.1 Å². The van der Waals surface area contributed by atoms with Gasteiger partial charge in [0.15, 0.2) is 0 Å². The largest absolute Gasteiger partial charge is 0.382 e. The summed E-state index contributed by atoms with van der Waals surface area (Å²) >= 11 is 0. The molecule has 0 fully saturated rings. The maximum atomic E-state index is 5.42. The van der Waals surface area contributed by atoms with Crippen molar-refractivity contribution in [3.8, 4) is 0 Å². The van der Waals surface area contributed by atoms with Gasteiger partial charge in [-0.1, -0.05) is 13.8 Å². The van der Waals surface area contributed by atoms with Crippen LogP contribution in [0.3, 0.4) is 0 Å². The normalized spacial score (nSPS) is 10.5. The van der Waals surface area contributed by atoms with Crippen LogP contribution in [0, 0.1) is 5.92 Å². The van der Waals surface area contributed by atoms with E-state index in [0.717, 1.165) is 24.7 Å². The van der Waals surface area contributed by atoms with Gasteiger partial charge in [0.05, 0.1) is 12.4 Å². The molecule has 0 unspecified atom stereocenters. The van der Waals surface area contributed by atoms with Crippen LogP contribution in [-0.4, -0.2) is 16.5 Å². The summed E-state index contributed by atoms with van der Waals surface area (Å²) in [5, 5.41) is 3.20. The number of rotatable bonds is 5. The Bertz CT molecular complexity index is 255. The number of hydrogen-bond donors (Lipinski definition) is 2. The number of nitrogen functional groups attached to an aromatic ring is 1. The zero-order valence-electron chi connectivity index (χ0n) is 8.83. The molecule has 1 rings (SSSR count). The second-order valence-electron chi connectivity index (χ2n) is 3.79. The van der Waals surface area contributed by atoms with E-state index in [2.05, 4.69) is 29.1 Å². The van der Waals surface area contributed by atoms with Gasteiger partial charge in [0.25, 0.3) is 0 Å². The van der Waals surface area contributed by atoms with Gasteiger partial charge in [-0.3, -0.25) is 0 Å². The van der Waals surface area contributed by atoms with E-state index in [1.165, 1.54) is 6.42 Å². The minimum atomic E-state index is 0.456. The topological polar surface area (TPSA) is 63.8 Å². The molecule has 0 spiro atoms. The van der Waals surface area contributed by atoms with Crippen LogP contribution >= 0.6 is 0 Å². The molecule has 0 atom stereocenters. The molecule has 0 aliphatic rings. The second-order valence-corrected chi connectivity index (χ2v) is 3.79. The molecule has 4 nitrogen and oxygen atoms in total. The van der Waals surface area contributed by atoms with Gasteiger partial charge >= 0.3 is 0 Å². The molecule has 14 heavy (non-hydrogen) atoms. The first-order valence-corrected chi connectivity index (χ1v) is 5.00. The summed E-state index contributed by atoms with van der Waals surface area (Å²) in [5.74, 6) is 2.01. The molecule has 0 radical (unpaired) electrons. The number of nitrogens with two attached hydrogens (primary N) is 1. The lowest BCUT2D eigenvalue weighted by molar-refractivity contribution is 0.566. The van der Waals surface area contributed by atoms with Crippen molar-refractivity contribution in [1.29, 1.82) is 0 Å². The Hall–Kier alpha value is -1.32. The third-order valence-corrected chi connectivity index (χ3v) is 1.94. The van der Waals surface area contributed by atoms with E-state index in [9.17, 15) is 0 Å². The highest BCUT2D eigenvalue weighted by Crippen LogP contribution is 2.05. The fourth-order valence-corrected chi connectivity index (χ4v) is 1.16. The fourth-order valence-electron chi connectivity index (χ4n) is 1.16. The Labute approximate surface area is 85.0 Å². The maximum Gasteiger partial charge on any atom is 0.144 e. The number of aromatic nitrogens is 2. The van der Waals surface area contributed by atoms with Gasteiger partial charge in [-0.25, -0.2) is 9.97 Å². The smallest absolute Gasteiger partial charge is 0.144 e. The van der Waals surface area contributed by atoms with Gasteiger partial charge in [0.2, 0.25) is 0 Å². The number of hydrogen-bond acceptors (Lipinski definition) is 4. The lowest BCUT2D eigenvalue weighted by Crippen LogP contribution is -2.05. The highest BCUT2D eigenvalue weighted by atomic mass is 15.0. The monoisotopic (exact) mass is 194 g/mol. The summed E-state index contributed by atoms with van der Waals surface area (Å²) in [6, 6.07) is 0. The Balaban J connectivity index is 2.21. The first-order valence-electron chi connectivity index (χ1n) is 5.00. The number of nitrogens with zero attached hydrogens (tertiary/aromatic N) is 2. The zero-order chi connectivity index (χ0) is 10.4. The van der Waals surface area contributed by atoms with Gasteiger partial charge in [-0.05, 0) is 18.8 Å². The Kier molecular flexibility index (Phi) is 4.16. The third kappa shape index (κ3) is 4.07. The summed E-state index contributed by atoms with van der Waals surface area (Å²) in [5.41, 5.74) is 5.42. The van der Waals surface area contributed by atoms with Gasteiger partial charge in [-0.2, -0.15) is 0 Å². The van der Waals surface area contributed by atoms with Crippen LogP contribution in [0.1, 0.15) is 26.7 Å². The van der Waals surface area contributed by atoms with E-state index in [1.807, 2.05) is 0 Å². The van der Waals surface area contributed by atoms with E-state index in [0.29, 0.717) is 5.82 Å². The standard InChI is InChI=1S/C10H18N4/c1-8(2)4-3-5-12-10-7-13-9(11)6-14-10/h6-8H,3-5H2,1-2H3,(H2,11,13)(H,12,14). The predicted molar refractivity (Wildman–Crippen MR) is 59.0 cm³/mol. The third-order valence-electron chi connectivity index (χ3n) is 1.94. The molecule has 0 saturated heterocycles. The molecule has 0 saturated carbocycles. The fraction of sp³-hybridized carbons (Fsp3) is 0.600. The van der Waals surface area contributed by atoms with Gasteiger partial charge < -0.3 is 11.1 Å². The molecule has 0 bridgehead atoms. The average Bonchev–Trinajstić information content (AvgIpc) is 2.15. The first kappa shape index (κ1) is 10.8. The van der Waals surface area contributed by atoms with Crippen LogP contribution in [0.2, 0.25) is 0 Å². The van der Waals surface area contributed by atoms with E-state index in [4.69, 9.17) is 5.73 Å². The van der Waals surface area contributed by atoms with Crippen LogP contribution in [0.15, 0.2) is 12.4 Å². The lowest BCUT2D eigenvalue weighted by Gasteiger charge is -2.06. The van der Waals surface area contributed by atoms with Crippen molar-refractivity contribution in [2.45, 2.75) is 26.7 Å². The highest BCUT2D eigenvalue weighted by Gasteiger charge is 1.95. The van der Waals surface area contributed by atoms with E-state index < -0.39 is 0 Å². The summed E-state index contributed by atoms with van der Waals surface area (Å²) in [7, 11) is 0. The summed E-state index contributed by atoms with van der Waals surface area (Å²) in [6.07, 6.45) is 5.61. The van der Waals surface area contributed by atoms with E-state index >= 15 is 0 Å². The number of anilines is 2. The molecule has 1 heterocycles. The molecule has 0 amide bonds. The molecular formula is C10H18N4. The molecule has 0 aliphatic heterocycles. The van der Waals surface area contributed by atoms with Gasteiger partial charge in [0.1, 0.15) is 11.6 Å².